The monoisotopic (exact) mass is 329 g/mol. The lowest BCUT2D eigenvalue weighted by molar-refractivity contribution is 0.348. The topological polar surface area (TPSA) is 18.5 Å². The number of benzene rings is 1. The predicted octanol–water partition coefficient (Wildman–Crippen LogP) is 5.84. The molecule has 0 amide bonds. The van der Waals surface area contributed by atoms with Crippen molar-refractivity contribution in [3.8, 4) is 5.75 Å². The lowest BCUT2D eigenvalue weighted by Gasteiger charge is -2.28. The van der Waals surface area contributed by atoms with Gasteiger partial charge in [-0.05, 0) is 35.8 Å². The summed E-state index contributed by atoms with van der Waals surface area (Å²) in [6, 6.07) is 4.53. The fourth-order valence-electron chi connectivity index (χ4n) is 2.03. The predicted molar refractivity (Wildman–Crippen MR) is 98.9 cm³/mol. The Bertz CT molecular complexity index is 457. The third-order valence-electron chi connectivity index (χ3n) is 3.30. The Morgan fingerprint density at radius 3 is 2.00 bits per heavy atom. The van der Waals surface area contributed by atoms with Gasteiger partial charge in [0.15, 0.2) is 0 Å². The van der Waals surface area contributed by atoms with E-state index in [-0.39, 0.29) is 29.8 Å². The first-order chi connectivity index (χ1) is 9.07. The van der Waals surface area contributed by atoms with Crippen molar-refractivity contribution in [3.05, 3.63) is 28.8 Å². The summed E-state index contributed by atoms with van der Waals surface area (Å²) in [5, 5.41) is 0. The molecule has 4 heteroatoms. The first kappa shape index (κ1) is 20.8. The smallest absolute Gasteiger partial charge is 0.215 e. The van der Waals surface area contributed by atoms with Crippen molar-refractivity contribution in [2.75, 3.05) is 6.61 Å². The Hall–Kier alpha value is -0.160. The van der Waals surface area contributed by atoms with Crippen molar-refractivity contribution in [2.45, 2.75) is 66.2 Å². The molecule has 0 aliphatic heterocycles. The first-order valence-electron chi connectivity index (χ1n) is 7.26. The molecule has 122 valence electrons. The van der Waals surface area contributed by atoms with Gasteiger partial charge < -0.3 is 18.9 Å². The van der Waals surface area contributed by atoms with Gasteiger partial charge in [0.1, 0.15) is 5.75 Å². The molecule has 1 rings (SSSR count). The van der Waals surface area contributed by atoms with Gasteiger partial charge in [-0.2, -0.15) is 0 Å². The van der Waals surface area contributed by atoms with E-state index in [9.17, 15) is 0 Å². The Labute approximate surface area is 136 Å². The van der Waals surface area contributed by atoms with Gasteiger partial charge in [-0.1, -0.05) is 53.7 Å². The highest BCUT2D eigenvalue weighted by Gasteiger charge is 2.25. The second-order valence-electron chi connectivity index (χ2n) is 7.29. The highest BCUT2D eigenvalue weighted by molar-refractivity contribution is 7.26. The van der Waals surface area contributed by atoms with Crippen molar-refractivity contribution >= 4 is 18.9 Å². The second kappa shape index (κ2) is 7.91. The summed E-state index contributed by atoms with van der Waals surface area (Å²) in [5.74, 6) is 0.984. The molecule has 0 aliphatic rings. The Morgan fingerprint density at radius 1 is 1.00 bits per heavy atom. The molecule has 2 nitrogen and oxygen atoms in total. The quantitative estimate of drug-likeness (QED) is 0.510. The zero-order chi connectivity index (χ0) is 15.6. The zero-order valence-electron chi connectivity index (χ0n) is 14.8. The second-order valence-corrected chi connectivity index (χ2v) is 7.95. The summed E-state index contributed by atoms with van der Waals surface area (Å²) in [4.78, 5) is 0. The van der Waals surface area contributed by atoms with Crippen LogP contribution >= 0.6 is 18.9 Å². The Balaban J connectivity index is 0.00000400. The number of aryl methyl sites for hydroxylation is 1. The van der Waals surface area contributed by atoms with Crippen LogP contribution in [0, 0.1) is 6.92 Å². The van der Waals surface area contributed by atoms with Gasteiger partial charge in [0.25, 0.3) is 0 Å². The van der Waals surface area contributed by atoms with Crippen LogP contribution in [0.1, 0.15) is 65.2 Å². The minimum atomic E-state index is 0. The largest absolute Gasteiger partial charge is 0.577 e. The Morgan fingerprint density at radius 2 is 1.57 bits per heavy atom. The molecule has 1 unspecified atom stereocenters. The third-order valence-corrected chi connectivity index (χ3v) is 3.99. The van der Waals surface area contributed by atoms with Gasteiger partial charge in [-0.3, -0.25) is 0 Å². The minimum Gasteiger partial charge on any atom is -0.577 e. The summed E-state index contributed by atoms with van der Waals surface area (Å²) >= 11 is 0. The maximum atomic E-state index is 5.91. The maximum absolute atomic E-state index is 5.91. The van der Waals surface area contributed by atoms with Crippen molar-refractivity contribution in [2.24, 2.45) is 0 Å². The van der Waals surface area contributed by atoms with E-state index >= 15 is 0 Å². The number of hydrogen-bond acceptors (Lipinski definition) is 2. The standard InChI is InChI=1S/C17H29O2P.H2P/c1-9-18-20-19-15-12(2)10-13(16(3,4)5)11-14(15)17(6,7)8;/h10-11,20H,9H2,1-8H3;1H2/q;-1. The molecule has 0 saturated carbocycles. The first-order valence-corrected chi connectivity index (χ1v) is 8.08. The van der Waals surface area contributed by atoms with Crippen molar-refractivity contribution in [3.63, 3.8) is 0 Å². The van der Waals surface area contributed by atoms with E-state index in [1.165, 1.54) is 16.7 Å². The molecule has 21 heavy (non-hydrogen) atoms. The summed E-state index contributed by atoms with van der Waals surface area (Å²) in [6.07, 6.45) is 0. The van der Waals surface area contributed by atoms with Gasteiger partial charge in [0.05, 0.1) is 6.61 Å². The van der Waals surface area contributed by atoms with Crippen molar-refractivity contribution in [1.82, 2.24) is 0 Å². The fraction of sp³-hybridized carbons (Fsp3) is 0.647. The lowest BCUT2D eigenvalue weighted by atomic mass is 9.79. The molecule has 0 radical (unpaired) electrons. The molecule has 0 N–H and O–H groups in total. The van der Waals surface area contributed by atoms with E-state index in [0.717, 1.165) is 5.75 Å². The Kier molecular flexibility index (Phi) is 7.85. The summed E-state index contributed by atoms with van der Waals surface area (Å²) in [5.41, 5.74) is 4.00. The third kappa shape index (κ3) is 5.85. The minimum absolute atomic E-state index is 0. The number of hydrogen-bond donors (Lipinski definition) is 0. The summed E-state index contributed by atoms with van der Waals surface area (Å²) in [6.45, 7) is 18.2. The van der Waals surface area contributed by atoms with Crippen molar-refractivity contribution in [1.29, 1.82) is 0 Å². The van der Waals surface area contributed by atoms with Crippen LogP contribution in [0.5, 0.6) is 5.75 Å². The fourth-order valence-corrected chi connectivity index (χ4v) is 2.56. The molecular weight excluding hydrogens is 298 g/mol. The lowest BCUT2D eigenvalue weighted by Crippen LogP contribution is -2.17. The van der Waals surface area contributed by atoms with Gasteiger partial charge in [0.2, 0.25) is 9.03 Å². The van der Waals surface area contributed by atoms with Crippen LogP contribution in [0.2, 0.25) is 0 Å². The highest BCUT2D eigenvalue weighted by atomic mass is 31.1. The zero-order valence-corrected chi connectivity index (χ0v) is 16.9. The highest BCUT2D eigenvalue weighted by Crippen LogP contribution is 2.40. The van der Waals surface area contributed by atoms with Gasteiger partial charge in [-0.15, -0.1) is 0 Å². The molecule has 0 heterocycles. The van der Waals surface area contributed by atoms with Gasteiger partial charge in [-0.25, -0.2) is 0 Å². The van der Waals surface area contributed by atoms with Crippen molar-refractivity contribution < 1.29 is 9.05 Å². The van der Waals surface area contributed by atoms with E-state index < -0.39 is 0 Å². The number of rotatable bonds is 4. The van der Waals surface area contributed by atoms with Gasteiger partial charge in [0, 0.05) is 5.56 Å². The average Bonchev–Trinajstić information content (AvgIpc) is 2.28. The van der Waals surface area contributed by atoms with E-state index in [1.54, 1.807) is 0 Å². The molecule has 0 spiro atoms. The SMILES string of the molecule is CCOPOc1c(C)cc(C(C)(C)C)cc1C(C)(C)C.[PH2-]. The van der Waals surface area contributed by atoms with Crippen LogP contribution in [0.25, 0.3) is 0 Å². The van der Waals surface area contributed by atoms with E-state index in [4.69, 9.17) is 9.05 Å². The van der Waals surface area contributed by atoms with Gasteiger partial charge >= 0.3 is 0 Å². The van der Waals surface area contributed by atoms with Crippen LogP contribution in [0.3, 0.4) is 0 Å². The van der Waals surface area contributed by atoms with Crippen LogP contribution in [-0.2, 0) is 15.4 Å². The van der Waals surface area contributed by atoms with Crippen LogP contribution in [-0.4, -0.2) is 6.61 Å². The molecule has 0 saturated heterocycles. The van der Waals surface area contributed by atoms with Crippen LogP contribution < -0.4 is 4.52 Å². The molecule has 1 atom stereocenters. The summed E-state index contributed by atoms with van der Waals surface area (Å²) in [7, 11) is 0.0650. The molecular formula is C17H31O2P2-. The molecule has 0 fully saturated rings. The van der Waals surface area contributed by atoms with E-state index in [0.29, 0.717) is 6.61 Å². The van der Waals surface area contributed by atoms with E-state index in [1.807, 2.05) is 6.92 Å². The maximum Gasteiger partial charge on any atom is 0.215 e. The molecule has 0 aromatic heterocycles. The molecule has 1 aromatic rings. The van der Waals surface area contributed by atoms with Crippen LogP contribution in [0.4, 0.5) is 0 Å². The summed E-state index contributed by atoms with van der Waals surface area (Å²) < 4.78 is 11.3. The van der Waals surface area contributed by atoms with Crippen LogP contribution in [0.15, 0.2) is 12.1 Å². The molecule has 0 bridgehead atoms. The van der Waals surface area contributed by atoms with E-state index in [2.05, 4.69) is 60.6 Å². The average molecular weight is 329 g/mol. The normalized spacial score (nSPS) is 12.6. The molecule has 0 aliphatic carbocycles. The molecule has 1 aromatic carbocycles.